The Bertz CT molecular complexity index is 734. The summed E-state index contributed by atoms with van der Waals surface area (Å²) in [7, 11) is 0. The van der Waals surface area contributed by atoms with Crippen molar-refractivity contribution < 1.29 is 4.42 Å². The van der Waals surface area contributed by atoms with Gasteiger partial charge >= 0.3 is 0 Å². The first kappa shape index (κ1) is 11.1. The molecule has 0 saturated carbocycles. The number of rotatable bonds is 1. The molecule has 2 N–H and O–H groups in total. The molecule has 0 atom stereocenters. The van der Waals surface area contributed by atoms with Gasteiger partial charge in [0.15, 0.2) is 5.58 Å². The number of oxazole rings is 1. The molecule has 2 aromatic carbocycles. The Balaban J connectivity index is 2.26. The fourth-order valence-electron chi connectivity index (χ4n) is 1.91. The average molecular weight is 259 g/mol. The molecular weight excluding hydrogens is 248 g/mol. The monoisotopic (exact) mass is 258 g/mol. The lowest BCUT2D eigenvalue weighted by atomic mass is 10.2. The minimum atomic E-state index is 0.497. The highest BCUT2D eigenvalue weighted by atomic mass is 35.5. The van der Waals surface area contributed by atoms with Crippen LogP contribution in [0.25, 0.3) is 22.6 Å². The van der Waals surface area contributed by atoms with Gasteiger partial charge in [0, 0.05) is 5.69 Å². The summed E-state index contributed by atoms with van der Waals surface area (Å²) in [5.74, 6) is 0.497. The van der Waals surface area contributed by atoms with E-state index in [4.69, 9.17) is 21.8 Å². The van der Waals surface area contributed by atoms with Crippen molar-refractivity contribution in [1.82, 2.24) is 4.98 Å². The number of anilines is 1. The summed E-state index contributed by atoms with van der Waals surface area (Å²) >= 11 is 6.14. The minimum absolute atomic E-state index is 0.497. The zero-order chi connectivity index (χ0) is 12.7. The number of nitrogens with zero attached hydrogens (tertiary/aromatic N) is 1. The lowest BCUT2D eigenvalue weighted by Crippen LogP contribution is -1.86. The molecule has 0 fully saturated rings. The molecule has 0 bridgehead atoms. The molecule has 0 unspecified atom stereocenters. The van der Waals surface area contributed by atoms with Crippen molar-refractivity contribution in [1.29, 1.82) is 0 Å². The van der Waals surface area contributed by atoms with E-state index >= 15 is 0 Å². The summed E-state index contributed by atoms with van der Waals surface area (Å²) in [5, 5.41) is 0.577. The molecule has 18 heavy (non-hydrogen) atoms. The van der Waals surface area contributed by atoms with Crippen LogP contribution >= 0.6 is 11.6 Å². The molecule has 0 aliphatic heterocycles. The van der Waals surface area contributed by atoms with E-state index in [1.165, 1.54) is 0 Å². The van der Waals surface area contributed by atoms with E-state index in [-0.39, 0.29) is 0 Å². The quantitative estimate of drug-likeness (QED) is 0.670. The number of benzene rings is 2. The Morgan fingerprint density at radius 1 is 1.22 bits per heavy atom. The normalized spacial score (nSPS) is 11.0. The summed E-state index contributed by atoms with van der Waals surface area (Å²) in [6.45, 7) is 2.00. The van der Waals surface area contributed by atoms with Gasteiger partial charge in [0.1, 0.15) is 5.52 Å². The molecule has 0 radical (unpaired) electrons. The Labute approximate surface area is 109 Å². The van der Waals surface area contributed by atoms with Gasteiger partial charge in [-0.25, -0.2) is 4.98 Å². The number of nitrogen functional groups attached to an aromatic ring is 1. The third kappa shape index (κ3) is 1.73. The van der Waals surface area contributed by atoms with Gasteiger partial charge in [0.2, 0.25) is 5.89 Å². The Hall–Kier alpha value is -2.00. The SMILES string of the molecule is Cc1cccc2oc(-c3cc(N)ccc3Cl)nc12. The highest BCUT2D eigenvalue weighted by Gasteiger charge is 2.12. The highest BCUT2D eigenvalue weighted by Crippen LogP contribution is 2.32. The third-order valence-corrected chi connectivity index (χ3v) is 3.17. The van der Waals surface area contributed by atoms with Crippen LogP contribution in [-0.2, 0) is 0 Å². The zero-order valence-corrected chi connectivity index (χ0v) is 10.5. The number of halogens is 1. The smallest absolute Gasteiger partial charge is 0.228 e. The van der Waals surface area contributed by atoms with Crippen LogP contribution in [0.1, 0.15) is 5.56 Å². The molecule has 0 saturated heterocycles. The summed E-state index contributed by atoms with van der Waals surface area (Å²) in [4.78, 5) is 4.48. The Morgan fingerprint density at radius 3 is 2.83 bits per heavy atom. The second-order valence-corrected chi connectivity index (χ2v) is 4.59. The van der Waals surface area contributed by atoms with Crippen molar-refractivity contribution in [2.45, 2.75) is 6.92 Å². The van der Waals surface area contributed by atoms with Crippen molar-refractivity contribution in [3.05, 3.63) is 47.0 Å². The number of para-hydroxylation sites is 1. The fraction of sp³-hybridized carbons (Fsp3) is 0.0714. The van der Waals surface area contributed by atoms with Crippen molar-refractivity contribution in [3.8, 4) is 11.5 Å². The van der Waals surface area contributed by atoms with Crippen molar-refractivity contribution in [2.24, 2.45) is 0 Å². The highest BCUT2D eigenvalue weighted by molar-refractivity contribution is 6.33. The predicted octanol–water partition coefficient (Wildman–Crippen LogP) is 4.04. The second kappa shape index (κ2) is 4.03. The van der Waals surface area contributed by atoms with Crippen LogP contribution in [0.2, 0.25) is 5.02 Å². The van der Waals surface area contributed by atoms with Crippen LogP contribution in [0.3, 0.4) is 0 Å². The van der Waals surface area contributed by atoms with Gasteiger partial charge in [-0.05, 0) is 36.8 Å². The number of nitrogens with two attached hydrogens (primary N) is 1. The molecule has 3 rings (SSSR count). The van der Waals surface area contributed by atoms with Crippen LogP contribution in [0.15, 0.2) is 40.8 Å². The average Bonchev–Trinajstić information content (AvgIpc) is 2.77. The first-order chi connectivity index (χ1) is 8.65. The van der Waals surface area contributed by atoms with E-state index in [1.807, 2.05) is 25.1 Å². The van der Waals surface area contributed by atoms with Gasteiger partial charge in [-0.15, -0.1) is 0 Å². The number of hydrogen-bond acceptors (Lipinski definition) is 3. The molecule has 3 aromatic rings. The van der Waals surface area contributed by atoms with Gasteiger partial charge in [0.05, 0.1) is 10.6 Å². The van der Waals surface area contributed by atoms with Gasteiger partial charge in [-0.1, -0.05) is 23.7 Å². The van der Waals surface area contributed by atoms with Crippen LogP contribution < -0.4 is 5.73 Å². The van der Waals surface area contributed by atoms with Crippen molar-refractivity contribution >= 4 is 28.4 Å². The lowest BCUT2D eigenvalue weighted by Gasteiger charge is -2.00. The number of aromatic nitrogens is 1. The van der Waals surface area contributed by atoms with Gasteiger partial charge in [0.25, 0.3) is 0 Å². The number of hydrogen-bond donors (Lipinski definition) is 1. The maximum atomic E-state index is 6.14. The van der Waals surface area contributed by atoms with E-state index in [0.717, 1.165) is 16.7 Å². The first-order valence-electron chi connectivity index (χ1n) is 5.57. The molecule has 3 nitrogen and oxygen atoms in total. The number of fused-ring (bicyclic) bond motifs is 1. The summed E-state index contributed by atoms with van der Waals surface area (Å²) in [6.07, 6.45) is 0. The van der Waals surface area contributed by atoms with Crippen molar-refractivity contribution in [2.75, 3.05) is 5.73 Å². The van der Waals surface area contributed by atoms with E-state index in [0.29, 0.717) is 22.2 Å². The van der Waals surface area contributed by atoms with Gasteiger partial charge in [-0.3, -0.25) is 0 Å². The van der Waals surface area contributed by atoms with E-state index in [9.17, 15) is 0 Å². The first-order valence-corrected chi connectivity index (χ1v) is 5.94. The van der Waals surface area contributed by atoms with Crippen LogP contribution in [-0.4, -0.2) is 4.98 Å². The Morgan fingerprint density at radius 2 is 2.06 bits per heavy atom. The molecule has 1 aromatic heterocycles. The largest absolute Gasteiger partial charge is 0.436 e. The standard InChI is InChI=1S/C14H11ClN2O/c1-8-3-2-4-12-13(8)17-14(18-12)10-7-9(16)5-6-11(10)15/h2-7H,16H2,1H3. The van der Waals surface area contributed by atoms with E-state index in [1.54, 1.807) is 18.2 Å². The summed E-state index contributed by atoms with van der Waals surface area (Å²) in [5.41, 5.74) is 9.79. The summed E-state index contributed by atoms with van der Waals surface area (Å²) in [6, 6.07) is 11.1. The van der Waals surface area contributed by atoms with Gasteiger partial charge < -0.3 is 10.2 Å². The lowest BCUT2D eigenvalue weighted by molar-refractivity contribution is 0.620. The van der Waals surface area contributed by atoms with E-state index < -0.39 is 0 Å². The van der Waals surface area contributed by atoms with Crippen LogP contribution in [0.5, 0.6) is 0 Å². The molecule has 0 aliphatic rings. The molecule has 0 amide bonds. The molecule has 1 heterocycles. The maximum Gasteiger partial charge on any atom is 0.228 e. The van der Waals surface area contributed by atoms with Crippen LogP contribution in [0, 0.1) is 6.92 Å². The molecular formula is C14H11ClN2O. The van der Waals surface area contributed by atoms with Crippen molar-refractivity contribution in [3.63, 3.8) is 0 Å². The summed E-state index contributed by atoms with van der Waals surface area (Å²) < 4.78 is 5.72. The maximum absolute atomic E-state index is 6.14. The Kier molecular flexibility index (Phi) is 2.49. The molecule has 90 valence electrons. The number of aryl methyl sites for hydroxylation is 1. The topological polar surface area (TPSA) is 52.0 Å². The molecule has 4 heteroatoms. The fourth-order valence-corrected chi connectivity index (χ4v) is 2.11. The van der Waals surface area contributed by atoms with E-state index in [2.05, 4.69) is 4.98 Å². The zero-order valence-electron chi connectivity index (χ0n) is 9.77. The van der Waals surface area contributed by atoms with Crippen LogP contribution in [0.4, 0.5) is 5.69 Å². The predicted molar refractivity (Wildman–Crippen MR) is 73.6 cm³/mol. The van der Waals surface area contributed by atoms with Gasteiger partial charge in [-0.2, -0.15) is 0 Å². The minimum Gasteiger partial charge on any atom is -0.436 e. The molecule has 0 spiro atoms. The third-order valence-electron chi connectivity index (χ3n) is 2.84. The second-order valence-electron chi connectivity index (χ2n) is 4.18. The molecule has 0 aliphatic carbocycles.